The zero-order chi connectivity index (χ0) is 16.9. The molecule has 0 radical (unpaired) electrons. The van der Waals surface area contributed by atoms with Crippen molar-refractivity contribution >= 4 is 5.78 Å². The van der Waals surface area contributed by atoms with Gasteiger partial charge in [-0.1, -0.05) is 0 Å². The highest BCUT2D eigenvalue weighted by Gasteiger charge is 2.27. The number of benzene rings is 1. The van der Waals surface area contributed by atoms with Crippen molar-refractivity contribution in [3.63, 3.8) is 0 Å². The number of nitrogens with zero attached hydrogens (tertiary/aromatic N) is 2. The molecule has 0 aliphatic carbocycles. The number of hydrogen-bond donors (Lipinski definition) is 0. The van der Waals surface area contributed by atoms with E-state index in [0.29, 0.717) is 12.8 Å². The number of hydrogen-bond acceptors (Lipinski definition) is 3. The highest BCUT2D eigenvalue weighted by atomic mass is 19.1. The Bertz CT molecular complexity index is 698. The first-order valence-corrected chi connectivity index (χ1v) is 8.24. The van der Waals surface area contributed by atoms with Gasteiger partial charge in [-0.15, -0.1) is 0 Å². The number of aromatic nitrogens is 1. The molecule has 1 saturated heterocycles. The molecule has 126 valence electrons. The second-order valence-electron chi connectivity index (χ2n) is 6.21. The highest BCUT2D eigenvalue weighted by molar-refractivity contribution is 5.98. The maximum absolute atomic E-state index is 13.8. The van der Waals surface area contributed by atoms with Gasteiger partial charge in [0.05, 0.1) is 5.56 Å². The van der Waals surface area contributed by atoms with Crippen LogP contribution in [0.25, 0.3) is 0 Å². The summed E-state index contributed by atoms with van der Waals surface area (Å²) in [7, 11) is 0. The second kappa shape index (κ2) is 7.62. The molecule has 0 spiro atoms. The molecule has 5 heteroatoms. The van der Waals surface area contributed by atoms with E-state index in [2.05, 4.69) is 9.88 Å². The molecular weight excluding hydrogens is 310 g/mol. The summed E-state index contributed by atoms with van der Waals surface area (Å²) in [5, 5.41) is 0. The van der Waals surface area contributed by atoms with E-state index in [1.807, 2.05) is 12.1 Å². The van der Waals surface area contributed by atoms with Gasteiger partial charge in [0, 0.05) is 24.9 Å². The second-order valence-corrected chi connectivity index (χ2v) is 6.21. The summed E-state index contributed by atoms with van der Waals surface area (Å²) in [5.41, 5.74) is 1.12. The molecular formula is C19H20F2N2O. The summed E-state index contributed by atoms with van der Waals surface area (Å²) in [4.78, 5) is 18.7. The molecule has 3 nitrogen and oxygen atoms in total. The van der Waals surface area contributed by atoms with Crippen LogP contribution in [-0.4, -0.2) is 35.3 Å². The summed E-state index contributed by atoms with van der Waals surface area (Å²) in [5.74, 6) is -1.71. The van der Waals surface area contributed by atoms with Gasteiger partial charge in [-0.3, -0.25) is 9.78 Å². The van der Waals surface area contributed by atoms with Crippen LogP contribution in [-0.2, 0) is 6.42 Å². The molecule has 0 N–H and O–H groups in total. The monoisotopic (exact) mass is 330 g/mol. The molecule has 0 amide bonds. The van der Waals surface area contributed by atoms with Crippen molar-refractivity contribution in [1.82, 2.24) is 9.88 Å². The average Bonchev–Trinajstić information content (AvgIpc) is 2.63. The van der Waals surface area contributed by atoms with Gasteiger partial charge in [-0.05, 0) is 68.2 Å². The lowest BCUT2D eigenvalue weighted by Gasteiger charge is -2.31. The van der Waals surface area contributed by atoms with Crippen LogP contribution >= 0.6 is 0 Å². The van der Waals surface area contributed by atoms with Crippen LogP contribution in [0, 0.1) is 17.6 Å². The number of carbonyl (C=O) groups is 1. The number of ketones is 1. The first kappa shape index (κ1) is 16.7. The van der Waals surface area contributed by atoms with Gasteiger partial charge in [0.15, 0.2) is 5.78 Å². The molecule has 2 aromatic rings. The summed E-state index contributed by atoms with van der Waals surface area (Å²) < 4.78 is 27.0. The van der Waals surface area contributed by atoms with Crippen molar-refractivity contribution in [2.45, 2.75) is 19.3 Å². The van der Waals surface area contributed by atoms with Crippen molar-refractivity contribution in [1.29, 1.82) is 0 Å². The van der Waals surface area contributed by atoms with Gasteiger partial charge in [0.25, 0.3) is 0 Å². The lowest BCUT2D eigenvalue weighted by Crippen LogP contribution is -2.37. The Kier molecular flexibility index (Phi) is 5.30. The minimum atomic E-state index is -0.637. The molecule has 3 rings (SSSR count). The zero-order valence-corrected chi connectivity index (χ0v) is 13.4. The van der Waals surface area contributed by atoms with Crippen molar-refractivity contribution < 1.29 is 13.6 Å². The van der Waals surface area contributed by atoms with Gasteiger partial charge in [0.2, 0.25) is 0 Å². The smallest absolute Gasteiger partial charge is 0.169 e. The molecule has 0 saturated carbocycles. The van der Waals surface area contributed by atoms with Crippen molar-refractivity contribution in [3.8, 4) is 0 Å². The van der Waals surface area contributed by atoms with Crippen LogP contribution in [0.1, 0.15) is 28.8 Å². The fourth-order valence-electron chi connectivity index (χ4n) is 3.16. The molecule has 1 aliphatic heterocycles. The summed E-state index contributed by atoms with van der Waals surface area (Å²) in [6.45, 7) is 2.54. The number of carbonyl (C=O) groups excluding carboxylic acids is 1. The van der Waals surface area contributed by atoms with Crippen molar-refractivity contribution in [2.75, 3.05) is 19.6 Å². The number of likely N-dealkylation sites (tertiary alicyclic amines) is 1. The minimum absolute atomic E-state index is 0.120. The van der Waals surface area contributed by atoms with Crippen LogP contribution in [0.5, 0.6) is 0 Å². The third kappa shape index (κ3) is 4.03. The Morgan fingerprint density at radius 1 is 1.12 bits per heavy atom. The number of halogens is 2. The minimum Gasteiger partial charge on any atom is -0.303 e. The SMILES string of the molecule is O=C(c1cc(F)ccc1F)C1CCN(CCc2ccncc2)CC1. The summed E-state index contributed by atoms with van der Waals surface area (Å²) in [6.07, 6.45) is 5.89. The molecule has 1 fully saturated rings. The van der Waals surface area contributed by atoms with Crippen molar-refractivity contribution in [2.24, 2.45) is 5.92 Å². The van der Waals surface area contributed by atoms with E-state index < -0.39 is 11.6 Å². The molecule has 0 atom stereocenters. The molecule has 2 heterocycles. The predicted octanol–water partition coefficient (Wildman–Crippen LogP) is 3.50. The first-order chi connectivity index (χ1) is 11.6. The quantitative estimate of drug-likeness (QED) is 0.787. The third-order valence-corrected chi connectivity index (χ3v) is 4.62. The molecule has 1 aliphatic rings. The Hall–Kier alpha value is -2.14. The lowest BCUT2D eigenvalue weighted by atomic mass is 9.88. The van der Waals surface area contributed by atoms with Gasteiger partial charge in [0.1, 0.15) is 11.6 Å². The van der Waals surface area contributed by atoms with Gasteiger partial charge >= 0.3 is 0 Å². The topological polar surface area (TPSA) is 33.2 Å². The average molecular weight is 330 g/mol. The first-order valence-electron chi connectivity index (χ1n) is 8.24. The standard InChI is InChI=1S/C19H20F2N2O/c20-16-1-2-18(21)17(13-16)19(24)15-6-11-23(12-7-15)10-5-14-3-8-22-9-4-14/h1-4,8-9,13,15H,5-7,10-12H2. The van der Waals surface area contributed by atoms with E-state index in [1.54, 1.807) is 12.4 Å². The summed E-state index contributed by atoms with van der Waals surface area (Å²) in [6, 6.07) is 7.07. The van der Waals surface area contributed by atoms with Crippen molar-refractivity contribution in [3.05, 3.63) is 65.5 Å². The molecule has 0 bridgehead atoms. The van der Waals surface area contributed by atoms with Crippen LogP contribution in [0.15, 0.2) is 42.7 Å². The maximum atomic E-state index is 13.8. The predicted molar refractivity (Wildman–Crippen MR) is 87.8 cm³/mol. The number of Topliss-reactive ketones (excluding diaryl/α,β-unsaturated/α-hetero) is 1. The Morgan fingerprint density at radius 2 is 1.83 bits per heavy atom. The lowest BCUT2D eigenvalue weighted by molar-refractivity contribution is 0.0836. The Balaban J connectivity index is 1.53. The third-order valence-electron chi connectivity index (χ3n) is 4.62. The van der Waals surface area contributed by atoms with Gasteiger partial charge in [-0.2, -0.15) is 0 Å². The molecule has 0 unspecified atom stereocenters. The number of pyridine rings is 1. The normalized spacial score (nSPS) is 16.2. The fraction of sp³-hybridized carbons (Fsp3) is 0.368. The van der Waals surface area contributed by atoms with E-state index in [-0.39, 0.29) is 17.3 Å². The van der Waals surface area contributed by atoms with Crippen LogP contribution in [0.4, 0.5) is 8.78 Å². The van der Waals surface area contributed by atoms with Crippen LogP contribution in [0.2, 0.25) is 0 Å². The summed E-state index contributed by atoms with van der Waals surface area (Å²) >= 11 is 0. The molecule has 24 heavy (non-hydrogen) atoms. The zero-order valence-electron chi connectivity index (χ0n) is 13.4. The largest absolute Gasteiger partial charge is 0.303 e. The van der Waals surface area contributed by atoms with E-state index in [4.69, 9.17) is 0 Å². The van der Waals surface area contributed by atoms with E-state index in [1.165, 1.54) is 5.56 Å². The van der Waals surface area contributed by atoms with Crippen LogP contribution < -0.4 is 0 Å². The fourth-order valence-corrected chi connectivity index (χ4v) is 3.16. The molecule has 1 aromatic heterocycles. The number of rotatable bonds is 5. The van der Waals surface area contributed by atoms with Gasteiger partial charge < -0.3 is 4.90 Å². The van der Waals surface area contributed by atoms with E-state index in [9.17, 15) is 13.6 Å². The Labute approximate surface area is 140 Å². The maximum Gasteiger partial charge on any atom is 0.169 e. The van der Waals surface area contributed by atoms with Crippen LogP contribution in [0.3, 0.4) is 0 Å². The van der Waals surface area contributed by atoms with E-state index >= 15 is 0 Å². The molecule has 1 aromatic carbocycles. The van der Waals surface area contributed by atoms with E-state index in [0.717, 1.165) is 44.3 Å². The highest BCUT2D eigenvalue weighted by Crippen LogP contribution is 2.23. The Morgan fingerprint density at radius 3 is 2.54 bits per heavy atom. The number of piperidine rings is 1. The van der Waals surface area contributed by atoms with Gasteiger partial charge in [-0.25, -0.2) is 8.78 Å².